The Kier molecular flexibility index (Phi) is 5.99. The minimum Gasteiger partial charge on any atom is -0.325 e. The highest BCUT2D eigenvalue weighted by Crippen LogP contribution is 2.18. The molecule has 2 aromatic rings. The van der Waals surface area contributed by atoms with Gasteiger partial charge in [-0.25, -0.2) is 8.42 Å². The number of rotatable bonds is 6. The normalized spacial score (nSPS) is 11.5. The third kappa shape index (κ3) is 4.56. The molecule has 0 radical (unpaired) electrons. The summed E-state index contributed by atoms with van der Waals surface area (Å²) < 4.78 is 26.4. The third-order valence-electron chi connectivity index (χ3n) is 3.43. The second-order valence-corrected chi connectivity index (χ2v) is 7.68. The number of anilines is 1. The number of hydrogen-bond donors (Lipinski definition) is 1. The summed E-state index contributed by atoms with van der Waals surface area (Å²) in [7, 11) is -3.75. The number of carbonyl (C=O) groups excluding carboxylic acids is 1. The lowest BCUT2D eigenvalue weighted by Crippen LogP contribution is -2.37. The molecule has 0 aliphatic heterocycles. The average molecular weight is 367 g/mol. The second kappa shape index (κ2) is 7.79. The van der Waals surface area contributed by atoms with E-state index in [9.17, 15) is 13.2 Å². The molecule has 0 aliphatic carbocycles. The molecule has 0 bridgehead atoms. The highest BCUT2D eigenvalue weighted by Gasteiger charge is 2.25. The van der Waals surface area contributed by atoms with Gasteiger partial charge in [-0.15, -0.1) is 0 Å². The molecule has 5 nitrogen and oxygen atoms in total. The van der Waals surface area contributed by atoms with Gasteiger partial charge in [-0.3, -0.25) is 4.79 Å². The van der Waals surface area contributed by atoms with Crippen molar-refractivity contribution in [2.75, 3.05) is 18.4 Å². The lowest BCUT2D eigenvalue weighted by Gasteiger charge is -2.20. The second-order valence-electron chi connectivity index (χ2n) is 5.30. The van der Waals surface area contributed by atoms with E-state index in [0.29, 0.717) is 10.7 Å². The molecule has 0 aliphatic rings. The Morgan fingerprint density at radius 3 is 2.42 bits per heavy atom. The molecule has 2 aromatic carbocycles. The average Bonchev–Trinajstić information content (AvgIpc) is 2.53. The molecule has 0 heterocycles. The fourth-order valence-electron chi connectivity index (χ4n) is 2.21. The molecule has 0 fully saturated rings. The van der Waals surface area contributed by atoms with Crippen LogP contribution in [-0.2, 0) is 14.8 Å². The van der Waals surface area contributed by atoms with Crippen LogP contribution in [0, 0.1) is 6.92 Å². The molecule has 0 saturated carbocycles. The van der Waals surface area contributed by atoms with Crippen LogP contribution in [0.4, 0.5) is 5.69 Å². The number of sulfonamides is 1. The Bertz CT molecular complexity index is 820. The first-order valence-electron chi connectivity index (χ1n) is 7.45. The van der Waals surface area contributed by atoms with E-state index in [-0.39, 0.29) is 23.9 Å². The molecule has 0 unspecified atom stereocenters. The van der Waals surface area contributed by atoms with E-state index >= 15 is 0 Å². The van der Waals surface area contributed by atoms with Crippen LogP contribution >= 0.6 is 11.6 Å². The van der Waals surface area contributed by atoms with E-state index in [2.05, 4.69) is 5.32 Å². The number of aryl methyl sites for hydroxylation is 1. The maximum Gasteiger partial charge on any atom is 0.243 e. The molecule has 1 amide bonds. The highest BCUT2D eigenvalue weighted by atomic mass is 35.5. The molecule has 24 heavy (non-hydrogen) atoms. The van der Waals surface area contributed by atoms with Crippen LogP contribution in [0.25, 0.3) is 0 Å². The van der Waals surface area contributed by atoms with E-state index in [1.54, 1.807) is 13.0 Å². The van der Waals surface area contributed by atoms with Crippen molar-refractivity contribution in [3.8, 4) is 0 Å². The fraction of sp³-hybridized carbons (Fsp3) is 0.235. The van der Waals surface area contributed by atoms with Crippen molar-refractivity contribution >= 4 is 33.2 Å². The Morgan fingerprint density at radius 2 is 1.83 bits per heavy atom. The first-order chi connectivity index (χ1) is 11.3. The van der Waals surface area contributed by atoms with Crippen molar-refractivity contribution in [1.29, 1.82) is 0 Å². The summed E-state index contributed by atoms with van der Waals surface area (Å²) >= 11 is 5.79. The van der Waals surface area contributed by atoms with Crippen LogP contribution in [0.15, 0.2) is 53.4 Å². The standard InChI is InChI=1S/C17H19ClN2O3S/c1-3-20(24(22,23)16-9-7-14(18)8-10-16)12-17(21)19-15-6-4-5-13(2)11-15/h4-11H,3,12H2,1-2H3,(H,19,21). The molecule has 128 valence electrons. The maximum absolute atomic E-state index is 12.6. The van der Waals surface area contributed by atoms with Gasteiger partial charge in [0.1, 0.15) is 0 Å². The van der Waals surface area contributed by atoms with E-state index in [4.69, 9.17) is 11.6 Å². The SMILES string of the molecule is CCN(CC(=O)Nc1cccc(C)c1)S(=O)(=O)c1ccc(Cl)cc1. The Hall–Kier alpha value is -1.89. The molecule has 1 N–H and O–H groups in total. The van der Waals surface area contributed by atoms with Crippen molar-refractivity contribution in [1.82, 2.24) is 4.31 Å². The van der Waals surface area contributed by atoms with Crippen LogP contribution < -0.4 is 5.32 Å². The van der Waals surface area contributed by atoms with Crippen molar-refractivity contribution in [3.63, 3.8) is 0 Å². The summed E-state index contributed by atoms with van der Waals surface area (Å²) in [6.07, 6.45) is 0. The number of nitrogens with one attached hydrogen (secondary N) is 1. The van der Waals surface area contributed by atoms with Gasteiger partial charge in [-0.1, -0.05) is 30.7 Å². The molecule has 0 aromatic heterocycles. The predicted molar refractivity (Wildman–Crippen MR) is 95.7 cm³/mol. The Labute approximate surface area is 147 Å². The number of carbonyl (C=O) groups is 1. The van der Waals surface area contributed by atoms with Crippen molar-refractivity contribution < 1.29 is 13.2 Å². The van der Waals surface area contributed by atoms with Crippen LogP contribution in [0.3, 0.4) is 0 Å². The zero-order chi connectivity index (χ0) is 17.7. The maximum atomic E-state index is 12.6. The summed E-state index contributed by atoms with van der Waals surface area (Å²) in [6.45, 7) is 3.54. The minimum absolute atomic E-state index is 0.108. The van der Waals surface area contributed by atoms with Crippen molar-refractivity contribution in [3.05, 3.63) is 59.1 Å². The number of amides is 1. The third-order valence-corrected chi connectivity index (χ3v) is 5.61. The summed E-state index contributed by atoms with van der Waals surface area (Å²) in [5.41, 5.74) is 1.65. The van der Waals surface area contributed by atoms with E-state index in [1.807, 2.05) is 25.1 Å². The number of halogens is 1. The summed E-state index contributed by atoms with van der Waals surface area (Å²) in [5, 5.41) is 3.17. The van der Waals surface area contributed by atoms with Gasteiger partial charge in [0, 0.05) is 17.3 Å². The van der Waals surface area contributed by atoms with Gasteiger partial charge in [-0.05, 0) is 48.9 Å². The Balaban J connectivity index is 2.13. The van der Waals surface area contributed by atoms with Gasteiger partial charge >= 0.3 is 0 Å². The van der Waals surface area contributed by atoms with E-state index < -0.39 is 10.0 Å². The van der Waals surface area contributed by atoms with Crippen molar-refractivity contribution in [2.45, 2.75) is 18.7 Å². The Morgan fingerprint density at radius 1 is 1.17 bits per heavy atom. The van der Waals surface area contributed by atoms with Crippen LogP contribution in [-0.4, -0.2) is 31.7 Å². The molecular weight excluding hydrogens is 348 g/mol. The van der Waals surface area contributed by atoms with Gasteiger partial charge in [0.15, 0.2) is 0 Å². The number of benzene rings is 2. The van der Waals surface area contributed by atoms with Gasteiger partial charge in [0.25, 0.3) is 0 Å². The molecule has 2 rings (SSSR count). The van der Waals surface area contributed by atoms with E-state index in [0.717, 1.165) is 9.87 Å². The number of hydrogen-bond acceptors (Lipinski definition) is 3. The van der Waals surface area contributed by atoms with Crippen LogP contribution in [0.2, 0.25) is 5.02 Å². The first-order valence-corrected chi connectivity index (χ1v) is 9.27. The van der Waals surface area contributed by atoms with E-state index in [1.165, 1.54) is 24.3 Å². The highest BCUT2D eigenvalue weighted by molar-refractivity contribution is 7.89. The quantitative estimate of drug-likeness (QED) is 0.853. The zero-order valence-corrected chi connectivity index (χ0v) is 15.1. The van der Waals surface area contributed by atoms with Gasteiger partial charge in [0.2, 0.25) is 15.9 Å². The van der Waals surface area contributed by atoms with Crippen molar-refractivity contribution in [2.24, 2.45) is 0 Å². The smallest absolute Gasteiger partial charge is 0.243 e. The first kappa shape index (κ1) is 18.4. The molecule has 7 heteroatoms. The summed E-state index contributed by atoms with van der Waals surface area (Å²) in [6, 6.07) is 13.2. The largest absolute Gasteiger partial charge is 0.325 e. The zero-order valence-electron chi connectivity index (χ0n) is 13.5. The molecule has 0 saturated heterocycles. The van der Waals surface area contributed by atoms with Crippen LogP contribution in [0.5, 0.6) is 0 Å². The van der Waals surface area contributed by atoms with Gasteiger partial charge < -0.3 is 5.32 Å². The summed E-state index contributed by atoms with van der Waals surface area (Å²) in [4.78, 5) is 12.3. The van der Waals surface area contributed by atoms with Crippen LogP contribution in [0.1, 0.15) is 12.5 Å². The molecule has 0 atom stereocenters. The monoisotopic (exact) mass is 366 g/mol. The number of likely N-dealkylation sites (N-methyl/N-ethyl adjacent to an activating group) is 1. The van der Waals surface area contributed by atoms with Gasteiger partial charge in [-0.2, -0.15) is 4.31 Å². The predicted octanol–water partition coefficient (Wildman–Crippen LogP) is 3.30. The fourth-order valence-corrected chi connectivity index (χ4v) is 3.74. The topological polar surface area (TPSA) is 66.5 Å². The molecular formula is C17H19ClN2O3S. The number of nitrogens with zero attached hydrogens (tertiary/aromatic N) is 1. The minimum atomic E-state index is -3.75. The lowest BCUT2D eigenvalue weighted by molar-refractivity contribution is -0.116. The van der Waals surface area contributed by atoms with Gasteiger partial charge in [0.05, 0.1) is 11.4 Å². The summed E-state index contributed by atoms with van der Waals surface area (Å²) in [5.74, 6) is -0.389. The lowest BCUT2D eigenvalue weighted by atomic mass is 10.2. The molecule has 0 spiro atoms.